The first-order valence-corrected chi connectivity index (χ1v) is 12.1. The summed E-state index contributed by atoms with van der Waals surface area (Å²) in [7, 11) is -2.50. The van der Waals surface area contributed by atoms with Crippen molar-refractivity contribution in [1.29, 1.82) is 0 Å². The molecular weight excluding hydrogens is 426 g/mol. The normalized spacial score (nSPS) is 26.3. The molecule has 2 N–H and O–H groups in total. The van der Waals surface area contributed by atoms with E-state index in [1.807, 2.05) is 51.1 Å². The number of rotatable bonds is 3. The van der Waals surface area contributed by atoms with Crippen LogP contribution in [0.2, 0.25) is 5.02 Å². The number of aromatic nitrogens is 3. The molecule has 0 saturated carbocycles. The fraction of sp³-hybridized carbons (Fsp3) is 0.300. The molecule has 152 valence electrons. The molecule has 3 heterocycles. The Labute approximate surface area is 179 Å². The highest BCUT2D eigenvalue weighted by Crippen LogP contribution is 2.45. The summed E-state index contributed by atoms with van der Waals surface area (Å²) in [5.74, 6) is 4.65. The van der Waals surface area contributed by atoms with Crippen LogP contribution in [0.1, 0.15) is 25.6 Å². The Morgan fingerprint density at radius 1 is 1.24 bits per heavy atom. The number of aliphatic imine (C=N–C) groups is 1. The van der Waals surface area contributed by atoms with Gasteiger partial charge in [0.2, 0.25) is 0 Å². The Morgan fingerprint density at radius 2 is 1.93 bits per heavy atom. The molecule has 2 atom stereocenters. The van der Waals surface area contributed by atoms with Crippen molar-refractivity contribution in [2.24, 2.45) is 10.7 Å². The van der Waals surface area contributed by atoms with E-state index in [4.69, 9.17) is 22.3 Å². The van der Waals surface area contributed by atoms with Gasteiger partial charge < -0.3 is 5.73 Å². The van der Waals surface area contributed by atoms with Crippen molar-refractivity contribution in [1.82, 2.24) is 15.0 Å². The van der Waals surface area contributed by atoms with E-state index in [1.165, 1.54) is 11.3 Å². The monoisotopic (exact) mass is 447 g/mol. The third kappa shape index (κ3) is 3.29. The second-order valence-electron chi connectivity index (χ2n) is 7.89. The zero-order valence-corrected chi connectivity index (χ0v) is 18.8. The summed E-state index contributed by atoms with van der Waals surface area (Å²) in [6.45, 7) is 5.58. The maximum atomic E-state index is 13.3. The molecule has 0 radical (unpaired) electrons. The quantitative estimate of drug-likeness (QED) is 0.620. The van der Waals surface area contributed by atoms with Crippen LogP contribution in [0.4, 0.5) is 0 Å². The predicted molar refractivity (Wildman–Crippen MR) is 123 cm³/mol. The first-order valence-electron chi connectivity index (χ1n) is 9.01. The lowest BCUT2D eigenvalue weighted by Crippen LogP contribution is -2.54. The highest BCUT2D eigenvalue weighted by Gasteiger charge is 2.46. The highest BCUT2D eigenvalue weighted by molar-refractivity contribution is 8.02. The first-order chi connectivity index (χ1) is 13.5. The molecule has 9 heteroatoms. The Morgan fingerprint density at radius 3 is 2.59 bits per heavy atom. The van der Waals surface area contributed by atoms with Crippen molar-refractivity contribution in [3.63, 3.8) is 0 Å². The third-order valence-electron chi connectivity index (χ3n) is 5.38. The zero-order chi connectivity index (χ0) is 21.0. The van der Waals surface area contributed by atoms with Gasteiger partial charge in [0.05, 0.1) is 32.7 Å². The molecule has 4 rings (SSSR count). The maximum absolute atomic E-state index is 13.3. The molecule has 1 aromatic carbocycles. The largest absolute Gasteiger partial charge is 0.386 e. The number of nitrogens with two attached hydrogens (primary N) is 1. The molecule has 1 aliphatic heterocycles. The van der Waals surface area contributed by atoms with E-state index < -0.39 is 19.8 Å². The molecule has 0 amide bonds. The van der Waals surface area contributed by atoms with Gasteiger partial charge in [0, 0.05) is 10.6 Å². The summed E-state index contributed by atoms with van der Waals surface area (Å²) < 4.78 is 12.5. The molecule has 0 aliphatic carbocycles. The van der Waals surface area contributed by atoms with Gasteiger partial charge in [0.25, 0.3) is 0 Å². The van der Waals surface area contributed by atoms with E-state index in [1.54, 1.807) is 17.2 Å². The lowest BCUT2D eigenvalue weighted by Gasteiger charge is -2.40. The molecule has 1 aliphatic rings. The number of halogens is 1. The summed E-state index contributed by atoms with van der Waals surface area (Å²) >= 11 is 8.16. The van der Waals surface area contributed by atoms with E-state index in [0.717, 1.165) is 21.0 Å². The van der Waals surface area contributed by atoms with E-state index in [0.29, 0.717) is 16.6 Å². The average molecular weight is 448 g/mol. The molecule has 6 nitrogen and oxygen atoms in total. The van der Waals surface area contributed by atoms with Crippen LogP contribution in [0.25, 0.3) is 16.1 Å². The fourth-order valence-corrected chi connectivity index (χ4v) is 7.01. The van der Waals surface area contributed by atoms with Crippen molar-refractivity contribution in [3.8, 4) is 16.1 Å². The molecule has 29 heavy (non-hydrogen) atoms. The summed E-state index contributed by atoms with van der Waals surface area (Å²) in [5.41, 5.74) is 7.29. The average Bonchev–Trinajstić information content (AvgIpc) is 3.30. The second-order valence-corrected chi connectivity index (χ2v) is 12.3. The van der Waals surface area contributed by atoms with Crippen LogP contribution in [0.3, 0.4) is 0 Å². The SMILES string of the molecule is C=S1(=O)C[C@@](C)(c2sc(-c3cccc(-n4nccn4)c3)cc2Cl)N=C(N)C1(C)C. The number of hydrogen-bond acceptors (Lipinski definition) is 6. The summed E-state index contributed by atoms with van der Waals surface area (Å²) in [4.78, 5) is 8.12. The van der Waals surface area contributed by atoms with E-state index >= 15 is 0 Å². The van der Waals surface area contributed by atoms with Gasteiger partial charge >= 0.3 is 0 Å². The number of nitrogens with zero attached hydrogens (tertiary/aromatic N) is 4. The summed E-state index contributed by atoms with van der Waals surface area (Å²) in [6, 6.07) is 9.81. The molecule has 1 unspecified atom stereocenters. The van der Waals surface area contributed by atoms with Gasteiger partial charge in [-0.2, -0.15) is 15.0 Å². The van der Waals surface area contributed by atoms with Crippen molar-refractivity contribution in [2.45, 2.75) is 31.1 Å². The minimum absolute atomic E-state index is 0.296. The lowest BCUT2D eigenvalue weighted by molar-refractivity contribution is 0.543. The molecule has 2 aromatic heterocycles. The van der Waals surface area contributed by atoms with Gasteiger partial charge in [0.15, 0.2) is 0 Å². The number of thiophene rings is 1. The van der Waals surface area contributed by atoms with E-state index in [-0.39, 0.29) is 0 Å². The standard InChI is InChI=1S/C20H22ClN5OS2/c1-19(2)18(22)25-20(3,12-29(19,4)27)17-15(21)11-16(28-17)13-6-5-7-14(10-13)26-23-8-9-24-26/h5-11H,4,12H2,1-3H3,(H2,22,25)/t20-,29?/m0/s1. The van der Waals surface area contributed by atoms with Crippen LogP contribution in [0, 0.1) is 0 Å². The van der Waals surface area contributed by atoms with Gasteiger partial charge in [-0.15, -0.1) is 11.3 Å². The number of benzene rings is 1. The number of amidine groups is 1. The third-order valence-corrected chi connectivity index (χ3v) is 10.3. The molecule has 3 aromatic rings. The minimum atomic E-state index is -2.50. The van der Waals surface area contributed by atoms with Crippen LogP contribution in [0.5, 0.6) is 0 Å². The smallest absolute Gasteiger partial charge is 0.113 e. The molecule has 0 saturated heterocycles. The van der Waals surface area contributed by atoms with Crippen LogP contribution >= 0.6 is 22.9 Å². The molecule has 0 spiro atoms. The highest BCUT2D eigenvalue weighted by atomic mass is 35.5. The summed E-state index contributed by atoms with van der Waals surface area (Å²) in [6.07, 6.45) is 3.27. The van der Waals surface area contributed by atoms with Gasteiger partial charge in [-0.3, -0.25) is 9.20 Å². The Bertz CT molecular complexity index is 1210. The fourth-order valence-electron chi connectivity index (χ4n) is 3.38. The van der Waals surface area contributed by atoms with Gasteiger partial charge in [-0.1, -0.05) is 23.7 Å². The van der Waals surface area contributed by atoms with Gasteiger partial charge in [-0.05, 0) is 59.9 Å². The van der Waals surface area contributed by atoms with Gasteiger partial charge in [-0.25, -0.2) is 0 Å². The molecular formula is C20H22ClN5OS2. The Kier molecular flexibility index (Phi) is 4.64. The van der Waals surface area contributed by atoms with Crippen molar-refractivity contribution in [3.05, 3.63) is 52.6 Å². The Balaban J connectivity index is 1.78. The van der Waals surface area contributed by atoms with Crippen molar-refractivity contribution >= 4 is 44.2 Å². The minimum Gasteiger partial charge on any atom is -0.386 e. The topological polar surface area (TPSA) is 86.2 Å². The van der Waals surface area contributed by atoms with Crippen molar-refractivity contribution < 1.29 is 4.21 Å². The predicted octanol–water partition coefficient (Wildman–Crippen LogP) is 3.73. The molecule has 0 bridgehead atoms. The lowest BCUT2D eigenvalue weighted by atomic mass is 10.0. The van der Waals surface area contributed by atoms with Crippen LogP contribution in [-0.2, 0) is 15.1 Å². The van der Waals surface area contributed by atoms with E-state index in [9.17, 15) is 4.21 Å². The van der Waals surface area contributed by atoms with Crippen LogP contribution in [0.15, 0.2) is 47.7 Å². The number of hydrogen-bond donors (Lipinski definition) is 1. The van der Waals surface area contributed by atoms with Crippen LogP contribution in [-0.4, -0.2) is 41.4 Å². The second kappa shape index (κ2) is 6.68. The Hall–Kier alpha value is -2.16. The molecule has 0 fully saturated rings. The van der Waals surface area contributed by atoms with Gasteiger partial charge in [0.1, 0.15) is 11.4 Å². The first kappa shape index (κ1) is 20.1. The van der Waals surface area contributed by atoms with Crippen molar-refractivity contribution in [2.75, 3.05) is 5.75 Å². The zero-order valence-electron chi connectivity index (χ0n) is 16.4. The van der Waals surface area contributed by atoms with E-state index in [2.05, 4.69) is 16.1 Å². The summed E-state index contributed by atoms with van der Waals surface area (Å²) in [5, 5.41) is 8.94. The maximum Gasteiger partial charge on any atom is 0.113 e. The van der Waals surface area contributed by atoms with Crippen LogP contribution < -0.4 is 5.73 Å².